The highest BCUT2D eigenvalue weighted by molar-refractivity contribution is 6.06. The van der Waals surface area contributed by atoms with Crippen molar-refractivity contribution >= 4 is 23.1 Å². The number of carbonyl (C=O) groups is 2. The van der Waals surface area contributed by atoms with Crippen LogP contribution in [0, 0.1) is 0 Å². The minimum Gasteiger partial charge on any atom is -0.493 e. The van der Waals surface area contributed by atoms with Crippen LogP contribution in [0.4, 0.5) is 18.9 Å². The Hall–Kier alpha value is -3.36. The van der Waals surface area contributed by atoms with Gasteiger partial charge in [-0.05, 0) is 60.7 Å². The maximum absolute atomic E-state index is 12.4. The van der Waals surface area contributed by atoms with E-state index in [0.29, 0.717) is 37.2 Å². The van der Waals surface area contributed by atoms with Gasteiger partial charge in [0.2, 0.25) is 0 Å². The molecule has 0 bridgehead atoms. The molecule has 0 aromatic heterocycles. The lowest BCUT2D eigenvalue weighted by atomic mass is 9.93. The van der Waals surface area contributed by atoms with E-state index in [1.165, 1.54) is 12.1 Å². The Bertz CT molecular complexity index is 1020. The number of nitrogens with zero attached hydrogens (tertiary/aromatic N) is 1. The van der Waals surface area contributed by atoms with E-state index in [0.717, 1.165) is 16.8 Å². The number of rotatable bonds is 7. The van der Waals surface area contributed by atoms with Crippen molar-refractivity contribution < 1.29 is 32.2 Å². The monoisotopic (exact) mass is 448 g/mol. The van der Waals surface area contributed by atoms with Gasteiger partial charge >= 0.3 is 12.1 Å². The first-order valence-electron chi connectivity index (χ1n) is 10.00. The van der Waals surface area contributed by atoms with E-state index in [4.69, 9.17) is 9.47 Å². The number of carbonyl (C=O) groups excluding carboxylic acids is 2. The molecule has 0 aliphatic carbocycles. The number of Topliss-reactive ketones (excluding diaryl/α,β-unsaturated/α-hetero) is 1. The van der Waals surface area contributed by atoms with Gasteiger partial charge in [-0.3, -0.25) is 14.6 Å². The van der Waals surface area contributed by atoms with Crippen molar-refractivity contribution in [3.63, 3.8) is 0 Å². The molecule has 0 spiro atoms. The second-order valence-corrected chi connectivity index (χ2v) is 7.32. The molecule has 0 radical (unpaired) electrons. The van der Waals surface area contributed by atoms with E-state index in [2.05, 4.69) is 4.99 Å². The molecule has 0 saturated carbocycles. The van der Waals surface area contributed by atoms with Crippen LogP contribution in [0.15, 0.2) is 47.5 Å². The molecule has 2 aromatic rings. The van der Waals surface area contributed by atoms with Crippen molar-refractivity contribution in [3.05, 3.63) is 53.6 Å². The Kier molecular flexibility index (Phi) is 7.17. The van der Waals surface area contributed by atoms with Crippen LogP contribution in [-0.4, -0.2) is 43.8 Å². The number of nitrogens with one attached hydrogen (secondary N) is 1. The van der Waals surface area contributed by atoms with Gasteiger partial charge in [-0.1, -0.05) is 12.1 Å². The number of halogens is 3. The van der Waals surface area contributed by atoms with Crippen molar-refractivity contribution in [2.75, 3.05) is 19.5 Å². The van der Waals surface area contributed by atoms with E-state index in [9.17, 15) is 22.8 Å². The number of alkyl halides is 3. The summed E-state index contributed by atoms with van der Waals surface area (Å²) in [5.41, 5.74) is 2.57. The van der Waals surface area contributed by atoms with Crippen molar-refractivity contribution in [1.29, 1.82) is 0 Å². The Balaban J connectivity index is 1.66. The highest BCUT2D eigenvalue weighted by Crippen LogP contribution is 2.29. The third-order valence-electron chi connectivity index (χ3n) is 5.18. The summed E-state index contributed by atoms with van der Waals surface area (Å²) in [5, 5.41) is 1.80. The van der Waals surface area contributed by atoms with E-state index >= 15 is 0 Å². The van der Waals surface area contributed by atoms with Crippen LogP contribution >= 0.6 is 0 Å². The number of hydrogen-bond donors (Lipinski definition) is 1. The summed E-state index contributed by atoms with van der Waals surface area (Å²) in [6.07, 6.45) is -3.02. The molecule has 170 valence electrons. The molecule has 1 unspecified atom stereocenters. The van der Waals surface area contributed by atoms with E-state index in [1.807, 2.05) is 12.1 Å². The van der Waals surface area contributed by atoms with Gasteiger partial charge < -0.3 is 14.8 Å². The molecule has 2 aromatic carbocycles. The lowest BCUT2D eigenvalue weighted by Gasteiger charge is -2.20. The van der Waals surface area contributed by atoms with Gasteiger partial charge in [0.05, 0.1) is 14.2 Å². The van der Waals surface area contributed by atoms with Gasteiger partial charge in [-0.15, -0.1) is 0 Å². The molecule has 9 heteroatoms. The normalized spacial score (nSPS) is 16.3. The van der Waals surface area contributed by atoms with E-state index < -0.39 is 18.1 Å². The third kappa shape index (κ3) is 5.66. The summed E-state index contributed by atoms with van der Waals surface area (Å²) in [6, 6.07) is 11.1. The average Bonchev–Trinajstić information content (AvgIpc) is 2.78. The van der Waals surface area contributed by atoms with Crippen LogP contribution in [0.5, 0.6) is 11.5 Å². The first-order valence-corrected chi connectivity index (χ1v) is 10.00. The maximum atomic E-state index is 12.4. The standard InChI is InChI=1S/C23H23F3N2O4/c1-31-20-12-6-15(13-21(20)32-2)17-10-11-19(29)18(28-17)9-5-14-3-7-16(8-4-14)27-22(30)23(24,25)26/h3-4,6-8,12-13,18H,5,9-11H2,1-2H3,(H,27,30). The third-order valence-corrected chi connectivity index (χ3v) is 5.18. The topological polar surface area (TPSA) is 77.0 Å². The van der Waals surface area contributed by atoms with Crippen LogP contribution in [-0.2, 0) is 16.0 Å². The summed E-state index contributed by atoms with van der Waals surface area (Å²) in [5.74, 6) is -0.771. The Morgan fingerprint density at radius 1 is 1.06 bits per heavy atom. The summed E-state index contributed by atoms with van der Waals surface area (Å²) < 4.78 is 47.6. The van der Waals surface area contributed by atoms with Crippen LogP contribution in [0.25, 0.3) is 0 Å². The number of ether oxygens (including phenoxy) is 2. The molecule has 1 atom stereocenters. The summed E-state index contributed by atoms with van der Waals surface area (Å²) in [7, 11) is 3.11. The largest absolute Gasteiger partial charge is 0.493 e. The van der Waals surface area contributed by atoms with Gasteiger partial charge in [0.1, 0.15) is 6.04 Å². The number of anilines is 1. The zero-order valence-electron chi connectivity index (χ0n) is 17.7. The summed E-state index contributed by atoms with van der Waals surface area (Å²) >= 11 is 0. The second-order valence-electron chi connectivity index (χ2n) is 7.32. The van der Waals surface area contributed by atoms with Gasteiger partial charge in [-0.2, -0.15) is 13.2 Å². The molecule has 1 amide bonds. The van der Waals surface area contributed by atoms with Crippen molar-refractivity contribution in [3.8, 4) is 11.5 Å². The molecular weight excluding hydrogens is 425 g/mol. The van der Waals surface area contributed by atoms with Crippen molar-refractivity contribution in [1.82, 2.24) is 0 Å². The number of aryl methyl sites for hydroxylation is 1. The molecule has 1 heterocycles. The van der Waals surface area contributed by atoms with Crippen molar-refractivity contribution in [2.24, 2.45) is 4.99 Å². The molecule has 1 aliphatic rings. The number of hydrogen-bond acceptors (Lipinski definition) is 5. The highest BCUT2D eigenvalue weighted by atomic mass is 19.4. The smallest absolute Gasteiger partial charge is 0.471 e. The van der Waals surface area contributed by atoms with Crippen LogP contribution < -0.4 is 14.8 Å². The Labute approximate surface area is 183 Å². The lowest BCUT2D eigenvalue weighted by molar-refractivity contribution is -0.167. The van der Waals surface area contributed by atoms with Crippen LogP contribution in [0.1, 0.15) is 30.4 Å². The zero-order chi connectivity index (χ0) is 23.3. The number of aliphatic imine (C=N–C) groups is 1. The molecule has 1 N–H and O–H groups in total. The molecule has 0 fully saturated rings. The molecule has 32 heavy (non-hydrogen) atoms. The van der Waals surface area contributed by atoms with Gasteiger partial charge in [0.25, 0.3) is 0 Å². The van der Waals surface area contributed by atoms with Crippen LogP contribution in [0.2, 0.25) is 0 Å². The predicted molar refractivity (Wildman–Crippen MR) is 114 cm³/mol. The number of ketones is 1. The fourth-order valence-corrected chi connectivity index (χ4v) is 3.45. The number of methoxy groups -OCH3 is 2. The second kappa shape index (κ2) is 9.84. The fourth-order valence-electron chi connectivity index (χ4n) is 3.45. The SMILES string of the molecule is COc1ccc(C2=NC(CCc3ccc(NC(=O)C(F)(F)F)cc3)C(=O)CC2)cc1OC. The van der Waals surface area contributed by atoms with E-state index in [1.54, 1.807) is 37.7 Å². The number of benzene rings is 2. The maximum Gasteiger partial charge on any atom is 0.471 e. The van der Waals surface area contributed by atoms with Gasteiger partial charge in [0, 0.05) is 17.8 Å². The molecule has 3 rings (SSSR count). The first kappa shape index (κ1) is 23.3. The molecule has 6 nitrogen and oxygen atoms in total. The van der Waals surface area contributed by atoms with Crippen molar-refractivity contribution in [2.45, 2.75) is 37.9 Å². The minimum atomic E-state index is -4.94. The Morgan fingerprint density at radius 2 is 1.75 bits per heavy atom. The molecule has 1 aliphatic heterocycles. The zero-order valence-corrected chi connectivity index (χ0v) is 17.7. The quantitative estimate of drug-likeness (QED) is 0.683. The van der Waals surface area contributed by atoms with Gasteiger partial charge in [0.15, 0.2) is 17.3 Å². The minimum absolute atomic E-state index is 0.0542. The summed E-state index contributed by atoms with van der Waals surface area (Å²) in [6.45, 7) is 0. The molecular formula is C23H23F3N2O4. The number of amides is 1. The first-order chi connectivity index (χ1) is 15.2. The Morgan fingerprint density at radius 3 is 2.38 bits per heavy atom. The lowest BCUT2D eigenvalue weighted by Crippen LogP contribution is -2.29. The van der Waals surface area contributed by atoms with Crippen LogP contribution in [0.3, 0.4) is 0 Å². The fraction of sp³-hybridized carbons (Fsp3) is 0.348. The summed E-state index contributed by atoms with van der Waals surface area (Å²) in [4.78, 5) is 28.0. The highest BCUT2D eigenvalue weighted by Gasteiger charge is 2.38. The van der Waals surface area contributed by atoms with E-state index in [-0.39, 0.29) is 11.5 Å². The van der Waals surface area contributed by atoms with Gasteiger partial charge in [-0.25, -0.2) is 0 Å². The predicted octanol–water partition coefficient (Wildman–Crippen LogP) is 4.36. The molecule has 0 saturated heterocycles. The average molecular weight is 448 g/mol.